The van der Waals surface area contributed by atoms with Crippen LogP contribution in [0.3, 0.4) is 0 Å². The van der Waals surface area contributed by atoms with Crippen LogP contribution in [-0.2, 0) is 14.6 Å². The average Bonchev–Trinajstić information content (AvgIpc) is 3.53. The molecule has 16 heteroatoms. The molecule has 47 heavy (non-hydrogen) atoms. The topological polar surface area (TPSA) is 156 Å². The number of halogens is 2. The van der Waals surface area contributed by atoms with Crippen molar-refractivity contribution >= 4 is 79.8 Å². The SMILES string of the molecule is CCC(C(=O)Nc1cc(O)c(NC(=O)c2ccc(Cl)c(Cl)c2)cc1Sc1nnnn1-c1ccccc1)S(=O)(=O)c1ccc(SC)cc1. The van der Waals surface area contributed by atoms with E-state index in [1.54, 1.807) is 31.2 Å². The maximum absolute atomic E-state index is 13.6. The lowest BCUT2D eigenvalue weighted by atomic mass is 10.2. The zero-order valence-electron chi connectivity index (χ0n) is 24.7. The molecule has 2 amide bonds. The Kier molecular flexibility index (Phi) is 10.8. The maximum Gasteiger partial charge on any atom is 0.255 e. The summed E-state index contributed by atoms with van der Waals surface area (Å²) in [6.07, 6.45) is 1.86. The van der Waals surface area contributed by atoms with E-state index in [4.69, 9.17) is 23.2 Å². The van der Waals surface area contributed by atoms with Crippen LogP contribution in [0.1, 0.15) is 23.7 Å². The first-order valence-electron chi connectivity index (χ1n) is 13.9. The first kappa shape index (κ1) is 34.3. The summed E-state index contributed by atoms with van der Waals surface area (Å²) in [5.74, 6) is -1.80. The summed E-state index contributed by atoms with van der Waals surface area (Å²) < 4.78 is 28.6. The van der Waals surface area contributed by atoms with Crippen molar-refractivity contribution in [3.8, 4) is 11.4 Å². The van der Waals surface area contributed by atoms with Gasteiger partial charge in [0.25, 0.3) is 5.91 Å². The number of nitrogens with zero attached hydrogens (tertiary/aromatic N) is 4. The number of anilines is 2. The summed E-state index contributed by atoms with van der Waals surface area (Å²) in [6, 6.07) is 22.3. The first-order chi connectivity index (χ1) is 22.5. The lowest BCUT2D eigenvalue weighted by Gasteiger charge is -2.19. The van der Waals surface area contributed by atoms with E-state index in [0.29, 0.717) is 10.6 Å². The molecule has 242 valence electrons. The molecule has 1 unspecified atom stereocenters. The van der Waals surface area contributed by atoms with Crippen molar-refractivity contribution < 1.29 is 23.1 Å². The van der Waals surface area contributed by atoms with Crippen molar-refractivity contribution in [2.75, 3.05) is 16.9 Å². The Balaban J connectivity index is 1.51. The molecule has 11 nitrogen and oxygen atoms in total. The quantitative estimate of drug-likeness (QED) is 0.0957. The van der Waals surface area contributed by atoms with E-state index in [1.165, 1.54) is 58.9 Å². The highest BCUT2D eigenvalue weighted by Gasteiger charge is 2.33. The lowest BCUT2D eigenvalue weighted by Crippen LogP contribution is -2.34. The fourth-order valence-corrected chi connectivity index (χ4v) is 7.67. The normalized spacial score (nSPS) is 12.0. The van der Waals surface area contributed by atoms with E-state index >= 15 is 0 Å². The predicted molar refractivity (Wildman–Crippen MR) is 184 cm³/mol. The fourth-order valence-electron chi connectivity index (χ4n) is 4.44. The number of thioether (sulfide) groups is 1. The van der Waals surface area contributed by atoms with Crippen LogP contribution in [0.15, 0.2) is 105 Å². The van der Waals surface area contributed by atoms with Gasteiger partial charge in [0.1, 0.15) is 11.0 Å². The number of amides is 2. The Morgan fingerprint density at radius 2 is 1.66 bits per heavy atom. The van der Waals surface area contributed by atoms with Gasteiger partial charge >= 0.3 is 0 Å². The van der Waals surface area contributed by atoms with Crippen LogP contribution in [0.5, 0.6) is 5.75 Å². The third-order valence-corrected chi connectivity index (χ3v) is 11.6. The molecule has 5 rings (SSSR count). The lowest BCUT2D eigenvalue weighted by molar-refractivity contribution is -0.115. The molecule has 0 saturated heterocycles. The van der Waals surface area contributed by atoms with Crippen molar-refractivity contribution in [1.29, 1.82) is 0 Å². The molecule has 0 fully saturated rings. The summed E-state index contributed by atoms with van der Waals surface area (Å²) in [4.78, 5) is 27.9. The Bertz CT molecular complexity index is 2040. The van der Waals surface area contributed by atoms with E-state index in [9.17, 15) is 23.1 Å². The van der Waals surface area contributed by atoms with Gasteiger partial charge in [0, 0.05) is 21.4 Å². The van der Waals surface area contributed by atoms with Gasteiger partial charge in [0.15, 0.2) is 9.84 Å². The van der Waals surface area contributed by atoms with Crippen LogP contribution in [-0.4, -0.2) is 57.1 Å². The minimum atomic E-state index is -4.08. The minimum Gasteiger partial charge on any atom is -0.506 e. The number of hydrogen-bond acceptors (Lipinski definition) is 10. The highest BCUT2D eigenvalue weighted by atomic mass is 35.5. The Hall–Kier alpha value is -4.08. The summed E-state index contributed by atoms with van der Waals surface area (Å²) in [5.41, 5.74) is 0.898. The number of sulfone groups is 1. The Morgan fingerprint density at radius 3 is 2.32 bits per heavy atom. The second-order valence-corrected chi connectivity index (χ2v) is 14.7. The van der Waals surface area contributed by atoms with Crippen LogP contribution in [0.4, 0.5) is 11.4 Å². The summed E-state index contributed by atoms with van der Waals surface area (Å²) in [7, 11) is -4.08. The van der Waals surface area contributed by atoms with Gasteiger partial charge in [-0.25, -0.2) is 8.42 Å². The maximum atomic E-state index is 13.6. The van der Waals surface area contributed by atoms with E-state index in [1.807, 2.05) is 24.5 Å². The van der Waals surface area contributed by atoms with E-state index in [0.717, 1.165) is 16.7 Å². The number of phenolic OH excluding ortho intramolecular Hbond substituents is 1. The van der Waals surface area contributed by atoms with Gasteiger partial charge in [0.2, 0.25) is 11.1 Å². The number of carbonyl (C=O) groups excluding carboxylic acids is 2. The van der Waals surface area contributed by atoms with Gasteiger partial charge in [-0.1, -0.05) is 48.3 Å². The third-order valence-electron chi connectivity index (χ3n) is 6.85. The molecule has 1 atom stereocenters. The zero-order chi connectivity index (χ0) is 33.7. The number of aromatic nitrogens is 4. The standard InChI is InChI=1S/C31H26Cl2N6O5S3/c1-3-28(47(43,44)21-12-10-20(45-2)11-13-21)30(42)35-25-16-26(40)24(34-29(41)18-9-14-22(32)23(33)15-18)17-27(25)46-31-36-37-38-39(31)19-7-5-4-6-8-19/h4-17,28,40H,3H2,1-2H3,(H,34,41)(H,35,42). The van der Waals surface area contributed by atoms with Crippen LogP contribution in [0.25, 0.3) is 5.69 Å². The Morgan fingerprint density at radius 1 is 0.936 bits per heavy atom. The molecule has 0 aliphatic carbocycles. The number of tetrazole rings is 1. The van der Waals surface area contributed by atoms with Crippen molar-refractivity contribution in [3.05, 3.63) is 101 Å². The van der Waals surface area contributed by atoms with Crippen LogP contribution < -0.4 is 10.6 Å². The minimum absolute atomic E-state index is 0.00569. The second-order valence-electron chi connectivity index (χ2n) is 9.87. The van der Waals surface area contributed by atoms with E-state index < -0.39 is 32.7 Å². The molecular weight excluding hydrogens is 703 g/mol. The van der Waals surface area contributed by atoms with Gasteiger partial charge in [-0.3, -0.25) is 9.59 Å². The largest absolute Gasteiger partial charge is 0.506 e. The molecule has 3 N–H and O–H groups in total. The highest BCUT2D eigenvalue weighted by molar-refractivity contribution is 7.99. The van der Waals surface area contributed by atoms with Gasteiger partial charge in [-0.05, 0) is 95.5 Å². The zero-order valence-corrected chi connectivity index (χ0v) is 28.7. The Labute approximate surface area is 289 Å². The highest BCUT2D eigenvalue weighted by Crippen LogP contribution is 2.40. The molecule has 4 aromatic carbocycles. The molecule has 0 saturated carbocycles. The number of hydrogen-bond donors (Lipinski definition) is 3. The molecule has 0 bridgehead atoms. The molecule has 0 radical (unpaired) electrons. The van der Waals surface area contributed by atoms with Gasteiger partial charge < -0.3 is 15.7 Å². The summed E-state index contributed by atoms with van der Waals surface area (Å²) in [5, 5.41) is 27.5. The van der Waals surface area contributed by atoms with Crippen molar-refractivity contribution in [2.45, 2.75) is 38.4 Å². The molecule has 5 aromatic rings. The molecule has 1 aromatic heterocycles. The van der Waals surface area contributed by atoms with Crippen molar-refractivity contribution in [2.24, 2.45) is 0 Å². The number of para-hydroxylation sites is 1. The number of phenols is 1. The predicted octanol–water partition coefficient (Wildman–Crippen LogP) is 6.99. The number of rotatable bonds is 11. The number of aromatic hydroxyl groups is 1. The summed E-state index contributed by atoms with van der Waals surface area (Å²) in [6.45, 7) is 1.60. The first-order valence-corrected chi connectivity index (χ1v) is 18.2. The number of benzene rings is 4. The van der Waals surface area contributed by atoms with Crippen LogP contribution >= 0.6 is 46.7 Å². The fraction of sp³-hybridized carbons (Fsp3) is 0.129. The molecular formula is C31H26Cl2N6O5S3. The summed E-state index contributed by atoms with van der Waals surface area (Å²) >= 11 is 14.6. The third kappa shape index (κ3) is 7.74. The van der Waals surface area contributed by atoms with Crippen molar-refractivity contribution in [1.82, 2.24) is 20.2 Å². The van der Waals surface area contributed by atoms with E-state index in [2.05, 4.69) is 26.2 Å². The van der Waals surface area contributed by atoms with Gasteiger partial charge in [-0.2, -0.15) is 4.68 Å². The van der Waals surface area contributed by atoms with Gasteiger partial charge in [0.05, 0.1) is 32.0 Å². The molecule has 0 aliphatic heterocycles. The second kappa shape index (κ2) is 14.8. The number of carbonyl (C=O) groups is 2. The molecule has 0 aliphatic rings. The number of nitrogens with one attached hydrogen (secondary N) is 2. The molecule has 1 heterocycles. The monoisotopic (exact) mass is 728 g/mol. The van der Waals surface area contributed by atoms with Gasteiger partial charge in [-0.15, -0.1) is 16.9 Å². The average molecular weight is 730 g/mol. The van der Waals surface area contributed by atoms with Crippen LogP contribution in [0, 0.1) is 0 Å². The van der Waals surface area contributed by atoms with Crippen LogP contribution in [0.2, 0.25) is 10.0 Å². The molecule has 0 spiro atoms. The van der Waals surface area contributed by atoms with E-state index in [-0.39, 0.29) is 43.5 Å². The smallest absolute Gasteiger partial charge is 0.255 e. The van der Waals surface area contributed by atoms with Crippen molar-refractivity contribution in [3.63, 3.8) is 0 Å².